The second kappa shape index (κ2) is 9.04. The number of carbonyl (C=O) groups excluding carboxylic acids is 3. The predicted octanol–water partition coefficient (Wildman–Crippen LogP) is 1.93. The van der Waals surface area contributed by atoms with Gasteiger partial charge in [-0.05, 0) is 28.8 Å². The van der Waals surface area contributed by atoms with Crippen molar-refractivity contribution in [2.75, 3.05) is 30.0 Å². The molecule has 13 heteroatoms. The molecule has 1 aliphatic rings. The number of amides is 2. The average molecular weight is 449 g/mol. The van der Waals surface area contributed by atoms with Crippen molar-refractivity contribution in [1.82, 2.24) is 9.97 Å². The first-order valence-electron chi connectivity index (χ1n) is 9.18. The van der Waals surface area contributed by atoms with Gasteiger partial charge < -0.3 is 24.9 Å². The maximum Gasteiger partial charge on any atom is 0.366 e. The van der Waals surface area contributed by atoms with Crippen molar-refractivity contribution in [3.63, 3.8) is 0 Å². The summed E-state index contributed by atoms with van der Waals surface area (Å²) in [5, 5.41) is 13.7. The normalized spacial score (nSPS) is 12.9. The number of nitrogens with zero attached hydrogens (tertiary/aromatic N) is 4. The van der Waals surface area contributed by atoms with E-state index in [-0.39, 0.29) is 40.7 Å². The Morgan fingerprint density at radius 1 is 1.39 bits per heavy atom. The standard InChI is InChI=1S/C18H19N5O7S/c1-9(2)7-30-17(26)15-10(3)19-18(31-15)21-13(24)6-22-14(25)8-29-11-4-5-12(23(27)28)20-16(11)22/h4-5,9H,6-8H2,1-3H3,(H,19,21,24). The van der Waals surface area contributed by atoms with Crippen molar-refractivity contribution < 1.29 is 28.8 Å². The minimum absolute atomic E-state index is 0.117. The molecule has 12 nitrogen and oxygen atoms in total. The quantitative estimate of drug-likeness (QED) is 0.379. The lowest BCUT2D eigenvalue weighted by molar-refractivity contribution is -0.389. The molecule has 31 heavy (non-hydrogen) atoms. The number of anilines is 2. The summed E-state index contributed by atoms with van der Waals surface area (Å²) in [6.45, 7) is 4.90. The summed E-state index contributed by atoms with van der Waals surface area (Å²) in [5.74, 6) is -2.00. The molecule has 0 fully saturated rings. The van der Waals surface area contributed by atoms with Crippen molar-refractivity contribution in [2.24, 2.45) is 5.92 Å². The van der Waals surface area contributed by atoms with Crippen LogP contribution in [0.25, 0.3) is 0 Å². The Morgan fingerprint density at radius 2 is 2.13 bits per heavy atom. The van der Waals surface area contributed by atoms with Gasteiger partial charge in [-0.15, -0.1) is 0 Å². The number of aryl methyl sites for hydroxylation is 1. The Balaban J connectivity index is 1.72. The van der Waals surface area contributed by atoms with E-state index in [2.05, 4.69) is 15.3 Å². The number of nitro groups is 1. The van der Waals surface area contributed by atoms with E-state index in [0.717, 1.165) is 22.3 Å². The number of carbonyl (C=O) groups is 3. The highest BCUT2D eigenvalue weighted by Gasteiger charge is 2.33. The highest BCUT2D eigenvalue weighted by molar-refractivity contribution is 7.17. The molecule has 0 radical (unpaired) electrons. The largest absolute Gasteiger partial charge is 0.477 e. The van der Waals surface area contributed by atoms with E-state index in [0.29, 0.717) is 5.69 Å². The molecule has 3 rings (SSSR count). The Hall–Kier alpha value is -3.61. The number of aromatic nitrogens is 2. The fourth-order valence-corrected chi connectivity index (χ4v) is 3.46. The first-order valence-corrected chi connectivity index (χ1v) is 10.0. The molecule has 3 heterocycles. The predicted molar refractivity (Wildman–Crippen MR) is 109 cm³/mol. The second-order valence-corrected chi connectivity index (χ2v) is 7.99. The van der Waals surface area contributed by atoms with Crippen LogP contribution in [0.5, 0.6) is 5.75 Å². The van der Waals surface area contributed by atoms with Gasteiger partial charge in [0.25, 0.3) is 11.7 Å². The third-order valence-corrected chi connectivity index (χ3v) is 5.05. The fourth-order valence-electron chi connectivity index (χ4n) is 2.58. The van der Waals surface area contributed by atoms with Crippen molar-refractivity contribution in [2.45, 2.75) is 20.8 Å². The van der Waals surface area contributed by atoms with Crippen LogP contribution in [0.1, 0.15) is 29.2 Å². The minimum Gasteiger partial charge on any atom is -0.477 e. The lowest BCUT2D eigenvalue weighted by Gasteiger charge is -2.24. The van der Waals surface area contributed by atoms with Gasteiger partial charge in [0, 0.05) is 6.07 Å². The number of hydrogen-bond acceptors (Lipinski definition) is 10. The summed E-state index contributed by atoms with van der Waals surface area (Å²) in [6.07, 6.45) is 0. The zero-order valence-electron chi connectivity index (χ0n) is 16.9. The molecule has 1 aliphatic heterocycles. The maximum absolute atomic E-state index is 12.5. The Bertz CT molecular complexity index is 1050. The van der Waals surface area contributed by atoms with Gasteiger partial charge in [0.05, 0.1) is 12.3 Å². The first-order chi connectivity index (χ1) is 14.7. The van der Waals surface area contributed by atoms with E-state index >= 15 is 0 Å². The second-order valence-electron chi connectivity index (χ2n) is 6.99. The van der Waals surface area contributed by atoms with Crippen LogP contribution in [-0.2, 0) is 14.3 Å². The van der Waals surface area contributed by atoms with Gasteiger partial charge in [-0.2, -0.15) is 0 Å². The molecule has 0 saturated carbocycles. The van der Waals surface area contributed by atoms with Gasteiger partial charge in [0.15, 0.2) is 17.5 Å². The topological polar surface area (TPSA) is 154 Å². The molecular weight excluding hydrogens is 430 g/mol. The van der Waals surface area contributed by atoms with Gasteiger partial charge in [-0.25, -0.2) is 9.78 Å². The first kappa shape index (κ1) is 22.1. The summed E-state index contributed by atoms with van der Waals surface area (Å²) in [7, 11) is 0. The zero-order chi connectivity index (χ0) is 22.7. The summed E-state index contributed by atoms with van der Waals surface area (Å²) in [6, 6.07) is 2.46. The molecular formula is C18H19N5O7S. The molecule has 0 saturated heterocycles. The zero-order valence-corrected chi connectivity index (χ0v) is 17.7. The molecule has 1 N–H and O–H groups in total. The Kier molecular flexibility index (Phi) is 6.44. The van der Waals surface area contributed by atoms with Gasteiger partial charge in [0.1, 0.15) is 11.4 Å². The minimum atomic E-state index is -0.712. The number of fused-ring (bicyclic) bond motifs is 1. The number of esters is 1. The number of pyridine rings is 1. The molecule has 0 bridgehead atoms. The van der Waals surface area contributed by atoms with Crippen LogP contribution >= 0.6 is 11.3 Å². The van der Waals surface area contributed by atoms with Crippen molar-refractivity contribution in [3.8, 4) is 5.75 Å². The smallest absolute Gasteiger partial charge is 0.366 e. The van der Waals surface area contributed by atoms with E-state index in [4.69, 9.17) is 9.47 Å². The van der Waals surface area contributed by atoms with E-state index in [1.165, 1.54) is 6.07 Å². The molecule has 2 aromatic heterocycles. The van der Waals surface area contributed by atoms with E-state index in [1.807, 2.05) is 13.8 Å². The molecule has 0 aliphatic carbocycles. The highest BCUT2D eigenvalue weighted by atomic mass is 32.1. The molecule has 164 valence electrons. The number of hydrogen-bond donors (Lipinski definition) is 1. The molecule has 0 atom stereocenters. The summed E-state index contributed by atoms with van der Waals surface area (Å²) >= 11 is 0.952. The van der Waals surface area contributed by atoms with Crippen molar-refractivity contribution in [3.05, 3.63) is 32.8 Å². The number of thiazole rings is 1. The van der Waals surface area contributed by atoms with Gasteiger partial charge >= 0.3 is 11.8 Å². The third kappa shape index (κ3) is 5.12. The van der Waals surface area contributed by atoms with E-state index in [1.54, 1.807) is 6.92 Å². The third-order valence-electron chi connectivity index (χ3n) is 4.00. The van der Waals surface area contributed by atoms with Crippen LogP contribution in [0.4, 0.5) is 16.8 Å². The lowest BCUT2D eigenvalue weighted by Crippen LogP contribution is -2.44. The number of ether oxygens (including phenoxy) is 2. The molecule has 0 aromatic carbocycles. The maximum atomic E-state index is 12.5. The van der Waals surface area contributed by atoms with Crippen LogP contribution in [0.3, 0.4) is 0 Å². The van der Waals surface area contributed by atoms with Gasteiger partial charge in [-0.1, -0.05) is 25.2 Å². The van der Waals surface area contributed by atoms with E-state index in [9.17, 15) is 24.5 Å². The summed E-state index contributed by atoms with van der Waals surface area (Å²) < 4.78 is 10.4. The summed E-state index contributed by atoms with van der Waals surface area (Å²) in [4.78, 5) is 56.4. The molecule has 0 unspecified atom stereocenters. The average Bonchev–Trinajstić information content (AvgIpc) is 3.07. The molecule has 0 spiro atoms. The van der Waals surface area contributed by atoms with Crippen LogP contribution in [0.2, 0.25) is 0 Å². The number of rotatable bonds is 7. The van der Waals surface area contributed by atoms with Crippen LogP contribution < -0.4 is 15.0 Å². The van der Waals surface area contributed by atoms with Crippen molar-refractivity contribution in [1.29, 1.82) is 0 Å². The highest BCUT2D eigenvalue weighted by Crippen LogP contribution is 2.32. The molecule has 2 aromatic rings. The van der Waals surface area contributed by atoms with Crippen molar-refractivity contribution >= 4 is 45.9 Å². The monoisotopic (exact) mass is 449 g/mol. The van der Waals surface area contributed by atoms with Gasteiger partial charge in [-0.3, -0.25) is 14.5 Å². The van der Waals surface area contributed by atoms with Crippen LogP contribution in [0.15, 0.2) is 12.1 Å². The fraction of sp³-hybridized carbons (Fsp3) is 0.389. The Labute approximate surface area is 180 Å². The summed E-state index contributed by atoms with van der Waals surface area (Å²) in [5.41, 5.74) is 0.402. The Morgan fingerprint density at radius 3 is 2.81 bits per heavy atom. The van der Waals surface area contributed by atoms with Crippen LogP contribution in [0, 0.1) is 23.0 Å². The lowest BCUT2D eigenvalue weighted by atomic mass is 10.2. The molecule has 2 amide bonds. The van der Waals surface area contributed by atoms with E-state index < -0.39 is 35.1 Å². The van der Waals surface area contributed by atoms with Gasteiger partial charge in [0.2, 0.25) is 5.91 Å². The SMILES string of the molecule is Cc1nc(NC(=O)CN2C(=O)COc3ccc([N+](=O)[O-])nc32)sc1C(=O)OCC(C)C. The van der Waals surface area contributed by atoms with Crippen LogP contribution in [-0.4, -0.2) is 52.4 Å². The number of nitrogens with one attached hydrogen (secondary N) is 1.